The van der Waals surface area contributed by atoms with E-state index in [0.29, 0.717) is 13.2 Å². The van der Waals surface area contributed by atoms with E-state index in [9.17, 15) is 4.79 Å². The van der Waals surface area contributed by atoms with Gasteiger partial charge in [0.2, 0.25) is 0 Å². The number of carbonyl (C=O) groups is 1. The van der Waals surface area contributed by atoms with Crippen molar-refractivity contribution in [2.24, 2.45) is 0 Å². The summed E-state index contributed by atoms with van der Waals surface area (Å²) in [4.78, 5) is 10.9. The standard InChI is InChI=1S/C10H20O3/c1-3-5-7-12-9-10(11)13-8-6-4-2/h3-9H2,1-2H3. The predicted molar refractivity (Wildman–Crippen MR) is 51.6 cm³/mol. The van der Waals surface area contributed by atoms with Gasteiger partial charge in [0.25, 0.3) is 0 Å². The van der Waals surface area contributed by atoms with Gasteiger partial charge in [0, 0.05) is 6.61 Å². The molecule has 0 aromatic rings. The zero-order chi connectivity index (χ0) is 9.94. The molecule has 0 aromatic carbocycles. The number of unbranched alkanes of at least 4 members (excludes halogenated alkanes) is 2. The Labute approximate surface area is 80.4 Å². The topological polar surface area (TPSA) is 35.5 Å². The summed E-state index contributed by atoms with van der Waals surface area (Å²) in [7, 11) is 0. The van der Waals surface area contributed by atoms with Gasteiger partial charge in [-0.25, -0.2) is 4.79 Å². The van der Waals surface area contributed by atoms with Crippen LogP contribution in [0.4, 0.5) is 0 Å². The molecule has 0 saturated carbocycles. The number of hydrogen-bond acceptors (Lipinski definition) is 3. The summed E-state index contributed by atoms with van der Waals surface area (Å²) in [6.07, 6.45) is 4.07. The minimum absolute atomic E-state index is 0.101. The van der Waals surface area contributed by atoms with Crippen LogP contribution in [0.15, 0.2) is 0 Å². The van der Waals surface area contributed by atoms with Crippen molar-refractivity contribution in [2.45, 2.75) is 39.5 Å². The van der Waals surface area contributed by atoms with Crippen molar-refractivity contribution < 1.29 is 14.3 Å². The van der Waals surface area contributed by atoms with Crippen LogP contribution in [0.1, 0.15) is 39.5 Å². The Morgan fingerprint density at radius 2 is 1.69 bits per heavy atom. The second kappa shape index (κ2) is 9.52. The molecule has 0 amide bonds. The molecule has 0 saturated heterocycles. The van der Waals surface area contributed by atoms with E-state index in [1.807, 2.05) is 0 Å². The SMILES string of the molecule is CCCCOCC(=O)OCCCC. The van der Waals surface area contributed by atoms with E-state index < -0.39 is 0 Å². The Hall–Kier alpha value is -0.570. The Bertz CT molecular complexity index is 123. The molecule has 0 aliphatic carbocycles. The fourth-order valence-corrected chi connectivity index (χ4v) is 0.774. The Morgan fingerprint density at radius 3 is 2.31 bits per heavy atom. The highest BCUT2D eigenvalue weighted by Gasteiger charge is 2.00. The van der Waals surface area contributed by atoms with E-state index in [1.165, 1.54) is 0 Å². The molecule has 0 aliphatic heterocycles. The van der Waals surface area contributed by atoms with Crippen molar-refractivity contribution in [3.8, 4) is 0 Å². The second-order valence-electron chi connectivity index (χ2n) is 2.98. The Balaban J connectivity index is 3.11. The normalized spacial score (nSPS) is 10.0. The van der Waals surface area contributed by atoms with E-state index in [0.717, 1.165) is 25.7 Å². The van der Waals surface area contributed by atoms with Crippen molar-refractivity contribution in [1.29, 1.82) is 0 Å². The third-order valence-corrected chi connectivity index (χ3v) is 1.62. The van der Waals surface area contributed by atoms with Crippen LogP contribution in [0.25, 0.3) is 0 Å². The molecule has 0 spiro atoms. The average molecular weight is 188 g/mol. The lowest BCUT2D eigenvalue weighted by Crippen LogP contribution is -2.13. The average Bonchev–Trinajstić information content (AvgIpc) is 2.13. The van der Waals surface area contributed by atoms with Crippen molar-refractivity contribution in [3.63, 3.8) is 0 Å². The van der Waals surface area contributed by atoms with Gasteiger partial charge in [-0.1, -0.05) is 26.7 Å². The first-order valence-electron chi connectivity index (χ1n) is 5.04. The van der Waals surface area contributed by atoms with Gasteiger partial charge in [-0.3, -0.25) is 0 Å². The van der Waals surface area contributed by atoms with Crippen LogP contribution < -0.4 is 0 Å². The first-order chi connectivity index (χ1) is 6.31. The quantitative estimate of drug-likeness (QED) is 0.432. The lowest BCUT2D eigenvalue weighted by molar-refractivity contribution is -0.149. The number of ether oxygens (including phenoxy) is 2. The third-order valence-electron chi connectivity index (χ3n) is 1.62. The van der Waals surface area contributed by atoms with Crippen molar-refractivity contribution in [2.75, 3.05) is 19.8 Å². The highest BCUT2D eigenvalue weighted by molar-refractivity contribution is 5.70. The molecule has 0 aromatic heterocycles. The molecule has 0 unspecified atom stereocenters. The molecular weight excluding hydrogens is 168 g/mol. The summed E-state index contributed by atoms with van der Waals surface area (Å²) in [6.45, 7) is 5.42. The van der Waals surface area contributed by atoms with Crippen LogP contribution in [-0.2, 0) is 14.3 Å². The molecule has 0 N–H and O–H groups in total. The zero-order valence-corrected chi connectivity index (χ0v) is 8.67. The molecular formula is C10H20O3. The van der Waals surface area contributed by atoms with Gasteiger partial charge >= 0.3 is 5.97 Å². The van der Waals surface area contributed by atoms with Gasteiger partial charge in [-0.05, 0) is 12.8 Å². The maximum Gasteiger partial charge on any atom is 0.332 e. The maximum atomic E-state index is 10.9. The number of rotatable bonds is 8. The summed E-state index contributed by atoms with van der Waals surface area (Å²) >= 11 is 0. The van der Waals surface area contributed by atoms with Crippen molar-refractivity contribution in [1.82, 2.24) is 0 Å². The second-order valence-corrected chi connectivity index (χ2v) is 2.98. The van der Waals surface area contributed by atoms with Crippen LogP contribution in [0.3, 0.4) is 0 Å². The summed E-state index contributed by atoms with van der Waals surface area (Å²) in [5, 5.41) is 0. The summed E-state index contributed by atoms with van der Waals surface area (Å²) in [5.41, 5.74) is 0. The summed E-state index contributed by atoms with van der Waals surface area (Å²) in [5.74, 6) is -0.246. The minimum Gasteiger partial charge on any atom is -0.464 e. The maximum absolute atomic E-state index is 10.9. The first-order valence-corrected chi connectivity index (χ1v) is 5.04. The molecule has 0 aliphatic rings. The van der Waals surface area contributed by atoms with Gasteiger partial charge in [-0.2, -0.15) is 0 Å². The third kappa shape index (κ3) is 9.34. The van der Waals surface area contributed by atoms with Crippen LogP contribution in [0.2, 0.25) is 0 Å². The summed E-state index contributed by atoms with van der Waals surface area (Å²) in [6, 6.07) is 0. The van der Waals surface area contributed by atoms with Gasteiger partial charge < -0.3 is 9.47 Å². The first kappa shape index (κ1) is 12.4. The largest absolute Gasteiger partial charge is 0.464 e. The van der Waals surface area contributed by atoms with Crippen LogP contribution in [-0.4, -0.2) is 25.8 Å². The summed E-state index contributed by atoms with van der Waals surface area (Å²) < 4.78 is 9.99. The van der Waals surface area contributed by atoms with E-state index in [1.54, 1.807) is 0 Å². The molecule has 3 nitrogen and oxygen atoms in total. The number of esters is 1. The van der Waals surface area contributed by atoms with Gasteiger partial charge in [0.05, 0.1) is 6.61 Å². The van der Waals surface area contributed by atoms with Crippen LogP contribution >= 0.6 is 0 Å². The highest BCUT2D eigenvalue weighted by atomic mass is 16.6. The van der Waals surface area contributed by atoms with Gasteiger partial charge in [0.15, 0.2) is 0 Å². The van der Waals surface area contributed by atoms with Crippen molar-refractivity contribution >= 4 is 5.97 Å². The Kier molecular flexibility index (Phi) is 9.10. The zero-order valence-electron chi connectivity index (χ0n) is 8.67. The van der Waals surface area contributed by atoms with Gasteiger partial charge in [0.1, 0.15) is 6.61 Å². The van der Waals surface area contributed by atoms with E-state index in [4.69, 9.17) is 9.47 Å². The van der Waals surface area contributed by atoms with E-state index in [-0.39, 0.29) is 12.6 Å². The van der Waals surface area contributed by atoms with Crippen LogP contribution in [0, 0.1) is 0 Å². The fourth-order valence-electron chi connectivity index (χ4n) is 0.774. The van der Waals surface area contributed by atoms with Gasteiger partial charge in [-0.15, -0.1) is 0 Å². The molecule has 0 rings (SSSR count). The van der Waals surface area contributed by atoms with Crippen molar-refractivity contribution in [3.05, 3.63) is 0 Å². The molecule has 78 valence electrons. The van der Waals surface area contributed by atoms with Crippen LogP contribution in [0.5, 0.6) is 0 Å². The number of carbonyl (C=O) groups excluding carboxylic acids is 1. The predicted octanol–water partition coefficient (Wildman–Crippen LogP) is 2.15. The molecule has 0 radical (unpaired) electrons. The molecule has 0 atom stereocenters. The molecule has 3 heteroatoms. The molecule has 0 fully saturated rings. The molecule has 0 bridgehead atoms. The lowest BCUT2D eigenvalue weighted by atomic mass is 10.4. The lowest BCUT2D eigenvalue weighted by Gasteiger charge is -2.04. The number of hydrogen-bond donors (Lipinski definition) is 0. The highest BCUT2D eigenvalue weighted by Crippen LogP contribution is 1.91. The molecule has 0 heterocycles. The minimum atomic E-state index is -0.246. The fraction of sp³-hybridized carbons (Fsp3) is 0.900. The van der Waals surface area contributed by atoms with E-state index >= 15 is 0 Å². The Morgan fingerprint density at radius 1 is 1.08 bits per heavy atom. The monoisotopic (exact) mass is 188 g/mol. The van der Waals surface area contributed by atoms with E-state index in [2.05, 4.69) is 13.8 Å². The molecule has 13 heavy (non-hydrogen) atoms. The smallest absolute Gasteiger partial charge is 0.332 e.